The second-order valence-electron chi connectivity index (χ2n) is 7.75. The average molecular weight is 439 g/mol. The molecule has 31 heavy (non-hydrogen) atoms. The lowest BCUT2D eigenvalue weighted by Crippen LogP contribution is -2.45. The minimum absolute atomic E-state index is 0.0742. The summed E-state index contributed by atoms with van der Waals surface area (Å²) in [7, 11) is -4.04. The number of carbonyl (C=O) groups is 1. The molecule has 3 aromatic rings. The molecule has 3 aromatic carbocycles. The van der Waals surface area contributed by atoms with Gasteiger partial charge in [-0.3, -0.25) is 9.10 Å². The number of sulfonamides is 1. The summed E-state index contributed by atoms with van der Waals surface area (Å²) in [6.45, 7) is 3.42. The van der Waals surface area contributed by atoms with E-state index >= 15 is 0 Å². The zero-order chi connectivity index (χ0) is 22.2. The summed E-state index contributed by atoms with van der Waals surface area (Å²) in [5, 5.41) is 0. The van der Waals surface area contributed by atoms with Crippen molar-refractivity contribution in [2.75, 3.05) is 15.7 Å². The highest BCUT2D eigenvalue weighted by Gasteiger charge is 2.34. The van der Waals surface area contributed by atoms with Crippen molar-refractivity contribution >= 4 is 27.3 Å². The monoisotopic (exact) mass is 438 g/mol. The Balaban J connectivity index is 1.72. The number of aryl methyl sites for hydroxylation is 1. The third-order valence-corrected chi connectivity index (χ3v) is 7.27. The molecule has 7 heteroatoms. The average Bonchev–Trinajstić information content (AvgIpc) is 3.08. The van der Waals surface area contributed by atoms with Crippen molar-refractivity contribution in [3.8, 4) is 0 Å². The summed E-state index contributed by atoms with van der Waals surface area (Å²) in [6, 6.07) is 19.1. The van der Waals surface area contributed by atoms with Gasteiger partial charge in [0.15, 0.2) is 0 Å². The van der Waals surface area contributed by atoms with Gasteiger partial charge in [-0.2, -0.15) is 0 Å². The van der Waals surface area contributed by atoms with Gasteiger partial charge in [0, 0.05) is 11.7 Å². The van der Waals surface area contributed by atoms with Crippen LogP contribution in [0.4, 0.5) is 15.8 Å². The number of anilines is 2. The molecule has 0 aromatic heterocycles. The normalized spacial score (nSPS) is 15.6. The molecule has 1 amide bonds. The third-order valence-electron chi connectivity index (χ3n) is 5.48. The first-order chi connectivity index (χ1) is 14.8. The lowest BCUT2D eigenvalue weighted by molar-refractivity contribution is -0.117. The van der Waals surface area contributed by atoms with E-state index < -0.39 is 15.8 Å². The van der Waals surface area contributed by atoms with Crippen molar-refractivity contribution in [1.29, 1.82) is 0 Å². The SMILES string of the molecule is Cc1ccc(S(=O)(=O)N(CC(=O)N2c3ccccc3CC2C)c2ccc(F)cc2)cc1. The van der Waals surface area contributed by atoms with Gasteiger partial charge in [-0.05, 0) is 68.3 Å². The number of carbonyl (C=O) groups excluding carboxylic acids is 1. The summed E-state index contributed by atoms with van der Waals surface area (Å²) in [5.74, 6) is -0.817. The van der Waals surface area contributed by atoms with E-state index in [4.69, 9.17) is 0 Å². The lowest BCUT2D eigenvalue weighted by Gasteiger charge is -2.29. The maximum absolute atomic E-state index is 13.5. The molecule has 0 spiro atoms. The van der Waals surface area contributed by atoms with Crippen LogP contribution in [0.25, 0.3) is 0 Å². The van der Waals surface area contributed by atoms with Crippen LogP contribution in [0.2, 0.25) is 0 Å². The van der Waals surface area contributed by atoms with Crippen LogP contribution in [-0.4, -0.2) is 26.9 Å². The molecule has 0 saturated heterocycles. The van der Waals surface area contributed by atoms with Crippen LogP contribution in [0.15, 0.2) is 77.7 Å². The van der Waals surface area contributed by atoms with E-state index in [1.165, 1.54) is 36.4 Å². The fraction of sp³-hybridized carbons (Fsp3) is 0.208. The van der Waals surface area contributed by atoms with Gasteiger partial charge in [0.1, 0.15) is 12.4 Å². The zero-order valence-electron chi connectivity index (χ0n) is 17.3. The molecule has 0 aliphatic carbocycles. The van der Waals surface area contributed by atoms with Crippen molar-refractivity contribution < 1.29 is 17.6 Å². The zero-order valence-corrected chi connectivity index (χ0v) is 18.1. The lowest BCUT2D eigenvalue weighted by atomic mass is 10.1. The van der Waals surface area contributed by atoms with E-state index in [0.29, 0.717) is 6.42 Å². The molecule has 1 atom stereocenters. The number of hydrogen-bond donors (Lipinski definition) is 0. The van der Waals surface area contributed by atoms with Crippen molar-refractivity contribution in [2.45, 2.75) is 31.2 Å². The molecule has 1 aliphatic heterocycles. The van der Waals surface area contributed by atoms with Gasteiger partial charge in [0.05, 0.1) is 10.6 Å². The summed E-state index contributed by atoms with van der Waals surface area (Å²) in [5.41, 5.74) is 3.01. The maximum Gasteiger partial charge on any atom is 0.264 e. The van der Waals surface area contributed by atoms with E-state index in [2.05, 4.69) is 0 Å². The highest BCUT2D eigenvalue weighted by atomic mass is 32.2. The van der Waals surface area contributed by atoms with Gasteiger partial charge < -0.3 is 4.90 Å². The Kier molecular flexibility index (Phi) is 5.54. The third kappa shape index (κ3) is 4.05. The molecule has 0 bridgehead atoms. The minimum atomic E-state index is -4.04. The smallest absolute Gasteiger partial charge is 0.264 e. The molecule has 0 fully saturated rings. The number of hydrogen-bond acceptors (Lipinski definition) is 3. The van der Waals surface area contributed by atoms with Gasteiger partial charge in [0.25, 0.3) is 10.0 Å². The van der Waals surface area contributed by atoms with Crippen molar-refractivity contribution in [2.24, 2.45) is 0 Å². The molecule has 1 heterocycles. The van der Waals surface area contributed by atoms with Gasteiger partial charge in [-0.15, -0.1) is 0 Å². The fourth-order valence-electron chi connectivity index (χ4n) is 3.90. The van der Waals surface area contributed by atoms with Gasteiger partial charge in [-0.25, -0.2) is 12.8 Å². The highest BCUT2D eigenvalue weighted by molar-refractivity contribution is 7.92. The maximum atomic E-state index is 13.5. The first-order valence-corrected chi connectivity index (χ1v) is 11.5. The van der Waals surface area contributed by atoms with E-state index in [1.807, 2.05) is 38.1 Å². The van der Waals surface area contributed by atoms with Crippen LogP contribution in [0.5, 0.6) is 0 Å². The van der Waals surface area contributed by atoms with E-state index in [-0.39, 0.29) is 29.1 Å². The van der Waals surface area contributed by atoms with Gasteiger partial charge in [-0.1, -0.05) is 35.9 Å². The standard InChI is InChI=1S/C24H23FN2O3S/c1-17-7-13-22(14-8-17)31(29,30)26(21-11-9-20(25)10-12-21)16-24(28)27-18(2)15-19-5-3-4-6-23(19)27/h3-14,18H,15-16H2,1-2H3. The summed E-state index contributed by atoms with van der Waals surface area (Å²) in [4.78, 5) is 15.1. The molecular formula is C24H23FN2O3S. The van der Waals surface area contributed by atoms with Crippen molar-refractivity contribution in [3.05, 3.63) is 89.7 Å². The van der Waals surface area contributed by atoms with E-state index in [0.717, 1.165) is 21.1 Å². The Morgan fingerprint density at radius 2 is 1.68 bits per heavy atom. The topological polar surface area (TPSA) is 57.7 Å². The second kappa shape index (κ2) is 8.15. The molecule has 1 unspecified atom stereocenters. The predicted molar refractivity (Wildman–Crippen MR) is 119 cm³/mol. The van der Waals surface area contributed by atoms with Crippen molar-refractivity contribution in [3.63, 3.8) is 0 Å². The van der Waals surface area contributed by atoms with Crippen LogP contribution in [-0.2, 0) is 21.2 Å². The van der Waals surface area contributed by atoms with Crippen LogP contribution >= 0.6 is 0 Å². The fourth-order valence-corrected chi connectivity index (χ4v) is 5.32. The molecule has 0 saturated carbocycles. The van der Waals surface area contributed by atoms with E-state index in [9.17, 15) is 17.6 Å². The Labute approximate surface area is 181 Å². The minimum Gasteiger partial charge on any atom is -0.307 e. The summed E-state index contributed by atoms with van der Waals surface area (Å²) >= 11 is 0. The second-order valence-corrected chi connectivity index (χ2v) is 9.61. The number of halogens is 1. The van der Waals surface area contributed by atoms with Gasteiger partial charge >= 0.3 is 0 Å². The Hall–Kier alpha value is -3.19. The Morgan fingerprint density at radius 3 is 2.35 bits per heavy atom. The highest BCUT2D eigenvalue weighted by Crippen LogP contribution is 2.33. The Bertz CT molecular complexity index is 1210. The van der Waals surface area contributed by atoms with Gasteiger partial charge in [0.2, 0.25) is 5.91 Å². The number of nitrogens with zero attached hydrogens (tertiary/aromatic N) is 2. The van der Waals surface area contributed by atoms with Crippen LogP contribution in [0.3, 0.4) is 0 Å². The number of para-hydroxylation sites is 1. The first-order valence-electron chi connectivity index (χ1n) is 10.0. The molecule has 5 nitrogen and oxygen atoms in total. The molecule has 160 valence electrons. The van der Waals surface area contributed by atoms with Crippen LogP contribution in [0, 0.1) is 12.7 Å². The number of fused-ring (bicyclic) bond motifs is 1. The first kappa shape index (κ1) is 21.1. The van der Waals surface area contributed by atoms with Crippen LogP contribution < -0.4 is 9.21 Å². The number of benzene rings is 3. The quantitative estimate of drug-likeness (QED) is 0.597. The molecule has 1 aliphatic rings. The summed E-state index contributed by atoms with van der Waals surface area (Å²) in [6.07, 6.45) is 0.711. The molecular weight excluding hydrogens is 415 g/mol. The largest absolute Gasteiger partial charge is 0.307 e. The van der Waals surface area contributed by atoms with Crippen LogP contribution in [0.1, 0.15) is 18.1 Å². The molecule has 0 N–H and O–H groups in total. The van der Waals surface area contributed by atoms with Crippen molar-refractivity contribution in [1.82, 2.24) is 0 Å². The van der Waals surface area contributed by atoms with E-state index in [1.54, 1.807) is 17.0 Å². The predicted octanol–water partition coefficient (Wildman–Crippen LogP) is 4.31. The number of amides is 1. The molecule has 4 rings (SSSR count). The number of rotatable bonds is 5. The molecule has 0 radical (unpaired) electrons. The Morgan fingerprint density at radius 1 is 1.03 bits per heavy atom. The summed E-state index contributed by atoms with van der Waals surface area (Å²) < 4.78 is 41.5.